The van der Waals surface area contributed by atoms with E-state index in [4.69, 9.17) is 23.2 Å². The number of nitrogens with zero attached hydrogens (tertiary/aromatic N) is 2. The van der Waals surface area contributed by atoms with Crippen LogP contribution in [0.5, 0.6) is 0 Å². The first kappa shape index (κ1) is 25.5. The highest BCUT2D eigenvalue weighted by molar-refractivity contribution is 6.32. The molecule has 0 unspecified atom stereocenters. The van der Waals surface area contributed by atoms with E-state index in [0.29, 0.717) is 44.4 Å². The molecule has 0 saturated heterocycles. The molecule has 0 radical (unpaired) electrons. The van der Waals surface area contributed by atoms with Crippen molar-refractivity contribution in [3.8, 4) is 16.9 Å². The average molecular weight is 532 g/mol. The van der Waals surface area contributed by atoms with Crippen LogP contribution in [0.15, 0.2) is 72.8 Å². The predicted octanol–water partition coefficient (Wildman–Crippen LogP) is 6.54. The van der Waals surface area contributed by atoms with Crippen LogP contribution in [0, 0.1) is 0 Å². The number of halogens is 5. The summed E-state index contributed by atoms with van der Waals surface area (Å²) >= 11 is 12.5. The zero-order chi connectivity index (χ0) is 25.9. The summed E-state index contributed by atoms with van der Waals surface area (Å²) in [6.45, 7) is -0.0350. The Balaban J connectivity index is 1.73. The highest BCUT2D eigenvalue weighted by atomic mass is 35.5. The number of benzene rings is 3. The van der Waals surface area contributed by atoms with Crippen LogP contribution in [0.1, 0.15) is 27.2 Å². The number of nitrogens with one attached hydrogen (secondary N) is 1. The van der Waals surface area contributed by atoms with Gasteiger partial charge >= 0.3 is 6.18 Å². The quantitative estimate of drug-likeness (QED) is 0.275. The van der Waals surface area contributed by atoms with Crippen molar-refractivity contribution in [2.75, 3.05) is 0 Å². The molecule has 0 saturated carbocycles. The maximum Gasteiger partial charge on any atom is 0.416 e. The second kappa shape index (κ2) is 10.6. The fourth-order valence-corrected chi connectivity index (χ4v) is 4.03. The maximum absolute atomic E-state index is 13.2. The normalized spacial score (nSPS) is 11.4. The average Bonchev–Trinajstić information content (AvgIpc) is 3.22. The minimum atomic E-state index is -4.45. The van der Waals surface area contributed by atoms with E-state index in [1.54, 1.807) is 48.5 Å². The monoisotopic (exact) mass is 531 g/mol. The molecule has 184 valence electrons. The van der Waals surface area contributed by atoms with Gasteiger partial charge in [0.2, 0.25) is 0 Å². The van der Waals surface area contributed by atoms with Crippen LogP contribution in [0.25, 0.3) is 16.9 Å². The first-order valence-electron chi connectivity index (χ1n) is 10.7. The number of carbonyl (C=O) groups is 2. The molecule has 1 aromatic heterocycles. The van der Waals surface area contributed by atoms with Crippen LogP contribution in [-0.2, 0) is 23.9 Å². The van der Waals surface area contributed by atoms with Gasteiger partial charge < -0.3 is 10.1 Å². The van der Waals surface area contributed by atoms with Crippen LogP contribution in [0.2, 0.25) is 10.0 Å². The van der Waals surface area contributed by atoms with Crippen molar-refractivity contribution in [1.29, 1.82) is 0 Å². The van der Waals surface area contributed by atoms with E-state index in [0.717, 1.165) is 12.1 Å². The van der Waals surface area contributed by atoms with Gasteiger partial charge in [0, 0.05) is 29.1 Å². The van der Waals surface area contributed by atoms with Gasteiger partial charge in [0.25, 0.3) is 5.91 Å². The molecule has 0 atom stereocenters. The lowest BCUT2D eigenvalue weighted by molar-refractivity contribution is -0.137. The van der Waals surface area contributed by atoms with Gasteiger partial charge in [0.05, 0.1) is 22.0 Å². The molecule has 4 aromatic rings. The van der Waals surface area contributed by atoms with Crippen molar-refractivity contribution in [1.82, 2.24) is 15.1 Å². The van der Waals surface area contributed by atoms with Crippen molar-refractivity contribution in [2.45, 2.75) is 19.1 Å². The molecule has 1 N–H and O–H groups in total. The first-order chi connectivity index (χ1) is 17.2. The van der Waals surface area contributed by atoms with E-state index >= 15 is 0 Å². The second-order valence-electron chi connectivity index (χ2n) is 7.79. The fraction of sp³-hybridized carbons (Fsp3) is 0.115. The summed E-state index contributed by atoms with van der Waals surface area (Å²) in [7, 11) is 0. The zero-order valence-corrected chi connectivity index (χ0v) is 20.0. The predicted molar refractivity (Wildman–Crippen MR) is 131 cm³/mol. The summed E-state index contributed by atoms with van der Waals surface area (Å²) in [6, 6.07) is 18.2. The molecule has 0 aliphatic rings. The van der Waals surface area contributed by atoms with E-state index in [9.17, 15) is 22.8 Å². The Bertz CT molecular complexity index is 1400. The van der Waals surface area contributed by atoms with E-state index < -0.39 is 17.6 Å². The van der Waals surface area contributed by atoms with Gasteiger partial charge in [0.1, 0.15) is 6.29 Å². The van der Waals surface area contributed by atoms with Crippen molar-refractivity contribution in [2.24, 2.45) is 0 Å². The Kier molecular flexibility index (Phi) is 7.47. The summed E-state index contributed by atoms with van der Waals surface area (Å²) in [4.78, 5) is 24.8. The van der Waals surface area contributed by atoms with Crippen molar-refractivity contribution >= 4 is 35.4 Å². The van der Waals surface area contributed by atoms with Crippen LogP contribution >= 0.6 is 23.2 Å². The van der Waals surface area contributed by atoms with E-state index in [2.05, 4.69) is 10.4 Å². The lowest BCUT2D eigenvalue weighted by Gasteiger charge is -2.11. The molecule has 0 bridgehead atoms. The highest BCUT2D eigenvalue weighted by Crippen LogP contribution is 2.33. The van der Waals surface area contributed by atoms with E-state index in [1.165, 1.54) is 16.8 Å². The Morgan fingerprint density at radius 1 is 0.972 bits per heavy atom. The fourth-order valence-electron chi connectivity index (χ4n) is 3.69. The number of alkyl halides is 3. The molecule has 5 nitrogen and oxygen atoms in total. The molecule has 4 rings (SSSR count). The van der Waals surface area contributed by atoms with Gasteiger partial charge in [-0.05, 0) is 42.0 Å². The molecule has 0 fully saturated rings. The Morgan fingerprint density at radius 3 is 2.25 bits per heavy atom. The molecule has 36 heavy (non-hydrogen) atoms. The van der Waals surface area contributed by atoms with Crippen LogP contribution in [0.3, 0.4) is 0 Å². The van der Waals surface area contributed by atoms with Crippen LogP contribution in [0.4, 0.5) is 13.2 Å². The zero-order valence-electron chi connectivity index (χ0n) is 18.5. The van der Waals surface area contributed by atoms with Crippen molar-refractivity contribution in [3.05, 3.63) is 105 Å². The molecule has 1 amide bonds. The minimum Gasteiger partial charge on any atom is -0.347 e. The van der Waals surface area contributed by atoms with Crippen LogP contribution in [-0.4, -0.2) is 22.0 Å². The summed E-state index contributed by atoms with van der Waals surface area (Å²) in [5.74, 6) is -0.590. The summed E-state index contributed by atoms with van der Waals surface area (Å²) in [5, 5.41) is 8.06. The van der Waals surface area contributed by atoms with Gasteiger partial charge in [-0.2, -0.15) is 18.3 Å². The smallest absolute Gasteiger partial charge is 0.347 e. The van der Waals surface area contributed by atoms with Crippen molar-refractivity contribution in [3.63, 3.8) is 0 Å². The molecule has 10 heteroatoms. The number of amides is 1. The van der Waals surface area contributed by atoms with Gasteiger partial charge in [-0.25, -0.2) is 4.68 Å². The Hall–Kier alpha value is -3.62. The maximum atomic E-state index is 13.2. The van der Waals surface area contributed by atoms with E-state index in [1.807, 2.05) is 0 Å². The number of hydrogen-bond acceptors (Lipinski definition) is 3. The van der Waals surface area contributed by atoms with Crippen molar-refractivity contribution < 1.29 is 22.8 Å². The number of aldehydes is 1. The minimum absolute atomic E-state index is 0.00104. The molecule has 1 heterocycles. The molecule has 0 spiro atoms. The lowest BCUT2D eigenvalue weighted by atomic mass is 10.0. The van der Waals surface area contributed by atoms with Gasteiger partial charge in [-0.1, -0.05) is 59.6 Å². The molecular weight excluding hydrogens is 514 g/mol. The van der Waals surface area contributed by atoms with E-state index in [-0.39, 0.29) is 18.7 Å². The third-order valence-corrected chi connectivity index (χ3v) is 5.99. The summed E-state index contributed by atoms with van der Waals surface area (Å²) in [5.41, 5.74) is 1.71. The third kappa shape index (κ3) is 5.45. The highest BCUT2D eigenvalue weighted by Gasteiger charge is 2.30. The molecular formula is C26H18Cl2F3N3O2. The standard InChI is InChI=1S/C26H18Cl2F3N3O2/c27-19-11-7-17(8-12-19)24-20(13-14-35)23(33-34(24)22-4-2-1-3-21(22)28)25(36)32-15-16-5-9-18(10-6-16)26(29,30)31/h1-12,14H,13,15H2,(H,32,36). The number of hydrogen-bond donors (Lipinski definition) is 1. The summed E-state index contributed by atoms with van der Waals surface area (Å²) in [6.07, 6.45) is -3.89. The van der Waals surface area contributed by atoms with Gasteiger partial charge in [0.15, 0.2) is 5.69 Å². The second-order valence-corrected chi connectivity index (χ2v) is 8.64. The topological polar surface area (TPSA) is 64.0 Å². The number of para-hydroxylation sites is 1. The lowest BCUT2D eigenvalue weighted by Crippen LogP contribution is -2.24. The van der Waals surface area contributed by atoms with Gasteiger partial charge in [-0.3, -0.25) is 4.79 Å². The SMILES string of the molecule is O=CCc1c(C(=O)NCc2ccc(C(F)(F)F)cc2)nn(-c2ccccc2Cl)c1-c1ccc(Cl)cc1. The Morgan fingerprint density at radius 2 is 1.64 bits per heavy atom. The first-order valence-corrected chi connectivity index (χ1v) is 11.5. The molecule has 0 aliphatic carbocycles. The van der Waals surface area contributed by atoms with Gasteiger partial charge in [-0.15, -0.1) is 0 Å². The molecule has 0 aliphatic heterocycles. The largest absolute Gasteiger partial charge is 0.416 e. The number of aromatic nitrogens is 2. The Labute approximate surface area is 214 Å². The number of carbonyl (C=O) groups excluding carboxylic acids is 2. The number of rotatable bonds is 7. The summed E-state index contributed by atoms with van der Waals surface area (Å²) < 4.78 is 39.9. The van der Waals surface area contributed by atoms with Crippen LogP contribution < -0.4 is 5.32 Å². The molecule has 3 aromatic carbocycles. The third-order valence-electron chi connectivity index (χ3n) is 5.42.